The van der Waals surface area contributed by atoms with E-state index >= 15 is 0 Å². The third-order valence-corrected chi connectivity index (χ3v) is 4.18. The Morgan fingerprint density at radius 1 is 1.33 bits per heavy atom. The van der Waals surface area contributed by atoms with Crippen LogP contribution in [0.2, 0.25) is 0 Å². The SMILES string of the molecule is COCC(CO)N1C(=O)CC2(CCCCC2)C1=O. The predicted octanol–water partition coefficient (Wildman–Crippen LogP) is 0.703. The first kappa shape index (κ1) is 13.5. The zero-order valence-corrected chi connectivity index (χ0v) is 10.9. The molecule has 1 heterocycles. The first-order valence-corrected chi connectivity index (χ1v) is 6.61. The highest BCUT2D eigenvalue weighted by Gasteiger charge is 2.53. The summed E-state index contributed by atoms with van der Waals surface area (Å²) in [5.74, 6) is -0.249. The number of nitrogens with zero attached hydrogens (tertiary/aromatic N) is 1. The summed E-state index contributed by atoms with van der Waals surface area (Å²) in [4.78, 5) is 25.8. The largest absolute Gasteiger partial charge is 0.394 e. The molecule has 1 saturated heterocycles. The number of amides is 2. The lowest BCUT2D eigenvalue weighted by atomic mass is 9.73. The second-order valence-electron chi connectivity index (χ2n) is 5.38. The molecule has 2 rings (SSSR count). The van der Waals surface area contributed by atoms with Crippen LogP contribution in [0.1, 0.15) is 38.5 Å². The van der Waals surface area contributed by atoms with Crippen molar-refractivity contribution in [3.63, 3.8) is 0 Å². The van der Waals surface area contributed by atoms with Gasteiger partial charge in [-0.1, -0.05) is 19.3 Å². The average molecular weight is 255 g/mol. The van der Waals surface area contributed by atoms with Crippen LogP contribution in [0.15, 0.2) is 0 Å². The van der Waals surface area contributed by atoms with E-state index in [9.17, 15) is 14.7 Å². The minimum absolute atomic E-state index is 0.0942. The number of rotatable bonds is 4. The van der Waals surface area contributed by atoms with Crippen LogP contribution in [0.3, 0.4) is 0 Å². The molecule has 1 aliphatic heterocycles. The number of ether oxygens (including phenoxy) is 1. The minimum atomic E-state index is -0.531. The Balaban J connectivity index is 2.17. The monoisotopic (exact) mass is 255 g/mol. The van der Waals surface area contributed by atoms with Gasteiger partial charge in [0.25, 0.3) is 0 Å². The van der Waals surface area contributed by atoms with Gasteiger partial charge in [0.05, 0.1) is 24.7 Å². The summed E-state index contributed by atoms with van der Waals surface area (Å²) < 4.78 is 4.97. The van der Waals surface area contributed by atoms with Gasteiger partial charge in [0.1, 0.15) is 0 Å². The standard InChI is InChI=1S/C13H21NO4/c1-18-9-10(8-15)14-11(16)7-13(12(14)17)5-3-2-4-6-13/h10,15H,2-9H2,1H3. The van der Waals surface area contributed by atoms with E-state index in [4.69, 9.17) is 4.74 Å². The lowest BCUT2D eigenvalue weighted by molar-refractivity contribution is -0.147. The first-order chi connectivity index (χ1) is 8.64. The average Bonchev–Trinajstić information content (AvgIpc) is 2.60. The summed E-state index contributed by atoms with van der Waals surface area (Å²) in [5.41, 5.74) is -0.476. The Hall–Kier alpha value is -0.940. The number of hydrogen-bond acceptors (Lipinski definition) is 4. The fraction of sp³-hybridized carbons (Fsp3) is 0.846. The van der Waals surface area contributed by atoms with Crippen LogP contribution in [0.4, 0.5) is 0 Å². The minimum Gasteiger partial charge on any atom is -0.394 e. The highest BCUT2D eigenvalue weighted by Crippen LogP contribution is 2.45. The van der Waals surface area contributed by atoms with E-state index < -0.39 is 11.5 Å². The summed E-state index contributed by atoms with van der Waals surface area (Å²) >= 11 is 0. The van der Waals surface area contributed by atoms with Crippen molar-refractivity contribution in [2.24, 2.45) is 5.41 Å². The molecule has 0 aromatic rings. The molecule has 1 atom stereocenters. The van der Waals surface area contributed by atoms with Gasteiger partial charge in [-0.2, -0.15) is 0 Å². The fourth-order valence-corrected chi connectivity index (χ4v) is 3.21. The van der Waals surface area contributed by atoms with Gasteiger partial charge >= 0.3 is 0 Å². The molecule has 102 valence electrons. The molecule has 1 N–H and O–H groups in total. The molecular formula is C13H21NO4. The van der Waals surface area contributed by atoms with Crippen molar-refractivity contribution in [1.29, 1.82) is 0 Å². The van der Waals surface area contributed by atoms with Gasteiger partial charge in [-0.25, -0.2) is 0 Å². The zero-order chi connectivity index (χ0) is 13.2. The molecule has 2 fully saturated rings. The second kappa shape index (κ2) is 5.36. The molecule has 1 spiro atoms. The Labute approximate surface area is 107 Å². The van der Waals surface area contributed by atoms with E-state index in [1.807, 2.05) is 0 Å². The van der Waals surface area contributed by atoms with Gasteiger partial charge in [0.15, 0.2) is 0 Å². The number of carbonyl (C=O) groups is 2. The molecule has 1 aliphatic carbocycles. The van der Waals surface area contributed by atoms with Crippen molar-refractivity contribution in [3.8, 4) is 0 Å². The molecule has 1 unspecified atom stereocenters. The van der Waals surface area contributed by atoms with Crippen LogP contribution in [0, 0.1) is 5.41 Å². The van der Waals surface area contributed by atoms with Crippen molar-refractivity contribution >= 4 is 11.8 Å². The van der Waals surface area contributed by atoms with Crippen molar-refractivity contribution in [1.82, 2.24) is 4.90 Å². The summed E-state index contributed by atoms with van der Waals surface area (Å²) in [6.45, 7) is -0.0363. The number of likely N-dealkylation sites (tertiary alicyclic amines) is 1. The maximum atomic E-state index is 12.5. The van der Waals surface area contributed by atoms with Crippen molar-refractivity contribution in [3.05, 3.63) is 0 Å². The van der Waals surface area contributed by atoms with Gasteiger partial charge in [-0.05, 0) is 12.8 Å². The molecule has 5 nitrogen and oxygen atoms in total. The topological polar surface area (TPSA) is 66.8 Å². The molecule has 5 heteroatoms. The maximum absolute atomic E-state index is 12.5. The summed E-state index contributed by atoms with van der Waals surface area (Å²) in [5, 5.41) is 9.31. The van der Waals surface area contributed by atoms with E-state index in [2.05, 4.69) is 0 Å². The van der Waals surface area contributed by atoms with E-state index in [-0.39, 0.29) is 25.0 Å². The van der Waals surface area contributed by atoms with Crippen LogP contribution in [-0.4, -0.2) is 48.2 Å². The highest BCUT2D eigenvalue weighted by molar-refractivity contribution is 6.06. The molecular weight excluding hydrogens is 234 g/mol. The molecule has 0 aromatic carbocycles. The zero-order valence-electron chi connectivity index (χ0n) is 10.9. The smallest absolute Gasteiger partial charge is 0.236 e. The highest BCUT2D eigenvalue weighted by atomic mass is 16.5. The number of aliphatic hydroxyl groups is 1. The Bertz CT molecular complexity index is 336. The number of carbonyl (C=O) groups excluding carboxylic acids is 2. The second-order valence-corrected chi connectivity index (χ2v) is 5.38. The lowest BCUT2D eigenvalue weighted by Gasteiger charge is -2.32. The fourth-order valence-electron chi connectivity index (χ4n) is 3.21. The summed E-state index contributed by atoms with van der Waals surface area (Å²) in [6, 6.07) is -0.531. The summed E-state index contributed by atoms with van der Waals surface area (Å²) in [7, 11) is 1.50. The number of hydrogen-bond donors (Lipinski definition) is 1. The van der Waals surface area contributed by atoms with Gasteiger partial charge < -0.3 is 9.84 Å². The molecule has 2 amide bonds. The molecule has 2 aliphatic rings. The van der Waals surface area contributed by atoms with Crippen molar-refractivity contribution < 1.29 is 19.4 Å². The van der Waals surface area contributed by atoms with Gasteiger partial charge in [-0.3, -0.25) is 14.5 Å². The van der Waals surface area contributed by atoms with Gasteiger partial charge in [-0.15, -0.1) is 0 Å². The van der Waals surface area contributed by atoms with Crippen LogP contribution in [0.25, 0.3) is 0 Å². The quantitative estimate of drug-likeness (QED) is 0.751. The first-order valence-electron chi connectivity index (χ1n) is 6.61. The van der Waals surface area contributed by atoms with Gasteiger partial charge in [0, 0.05) is 13.5 Å². The van der Waals surface area contributed by atoms with Crippen molar-refractivity contribution in [2.75, 3.05) is 20.3 Å². The van der Waals surface area contributed by atoms with Crippen LogP contribution < -0.4 is 0 Å². The Morgan fingerprint density at radius 3 is 2.56 bits per heavy atom. The molecule has 0 bridgehead atoms. The van der Waals surface area contributed by atoms with E-state index in [0.717, 1.165) is 32.1 Å². The third-order valence-electron chi connectivity index (χ3n) is 4.18. The van der Waals surface area contributed by atoms with Crippen molar-refractivity contribution in [2.45, 2.75) is 44.6 Å². The molecule has 18 heavy (non-hydrogen) atoms. The normalized spacial score (nSPS) is 24.9. The summed E-state index contributed by atoms with van der Waals surface area (Å²) in [6.07, 6.45) is 5.09. The van der Waals surface area contributed by atoms with Crippen LogP contribution in [0.5, 0.6) is 0 Å². The molecule has 1 saturated carbocycles. The lowest BCUT2D eigenvalue weighted by Crippen LogP contribution is -2.47. The number of imide groups is 1. The molecule has 0 radical (unpaired) electrons. The number of aliphatic hydroxyl groups excluding tert-OH is 1. The predicted molar refractivity (Wildman–Crippen MR) is 64.7 cm³/mol. The van der Waals surface area contributed by atoms with E-state index in [0.29, 0.717) is 6.42 Å². The Morgan fingerprint density at radius 2 is 2.00 bits per heavy atom. The van der Waals surface area contributed by atoms with Crippen LogP contribution >= 0.6 is 0 Å². The molecule has 0 aromatic heterocycles. The van der Waals surface area contributed by atoms with E-state index in [1.54, 1.807) is 0 Å². The Kier molecular flexibility index (Phi) is 4.02. The van der Waals surface area contributed by atoms with E-state index in [1.165, 1.54) is 12.0 Å². The maximum Gasteiger partial charge on any atom is 0.236 e. The van der Waals surface area contributed by atoms with Gasteiger partial charge in [0.2, 0.25) is 11.8 Å². The van der Waals surface area contributed by atoms with Crippen LogP contribution in [-0.2, 0) is 14.3 Å². The number of methoxy groups -OCH3 is 1. The third kappa shape index (κ3) is 2.17.